The highest BCUT2D eigenvalue weighted by Gasteiger charge is 2.50. The molecule has 26 heavy (non-hydrogen) atoms. The van der Waals surface area contributed by atoms with Crippen LogP contribution in [0.2, 0.25) is 0 Å². The lowest BCUT2D eigenvalue weighted by molar-refractivity contribution is -0.163. The zero-order valence-electron chi connectivity index (χ0n) is 16.2. The van der Waals surface area contributed by atoms with Crippen molar-refractivity contribution in [3.63, 3.8) is 0 Å². The van der Waals surface area contributed by atoms with E-state index >= 15 is 0 Å². The minimum absolute atomic E-state index is 0.170. The monoisotopic (exact) mass is 357 g/mol. The third-order valence-corrected chi connectivity index (χ3v) is 4.94. The van der Waals surface area contributed by atoms with Crippen LogP contribution < -0.4 is 0 Å². The fourth-order valence-corrected chi connectivity index (χ4v) is 3.54. The van der Waals surface area contributed by atoms with Crippen molar-refractivity contribution in [3.05, 3.63) is 35.9 Å². The third kappa shape index (κ3) is 3.38. The summed E-state index contributed by atoms with van der Waals surface area (Å²) in [5, 5.41) is 7.30. The van der Waals surface area contributed by atoms with Crippen molar-refractivity contribution in [1.29, 1.82) is 0 Å². The zero-order valence-corrected chi connectivity index (χ0v) is 16.2. The molecule has 0 saturated carbocycles. The molecule has 6 heteroatoms. The number of hydrazine groups is 1. The van der Waals surface area contributed by atoms with Crippen molar-refractivity contribution in [1.82, 2.24) is 10.0 Å². The van der Waals surface area contributed by atoms with Gasteiger partial charge in [0.25, 0.3) is 5.91 Å². The second-order valence-electron chi connectivity index (χ2n) is 8.65. The van der Waals surface area contributed by atoms with Crippen molar-refractivity contribution in [2.24, 2.45) is 16.5 Å². The predicted molar refractivity (Wildman–Crippen MR) is 98.9 cm³/mol. The molecular formula is C20H27N3O3. The Morgan fingerprint density at radius 2 is 1.92 bits per heavy atom. The molecule has 0 aliphatic carbocycles. The first-order valence-corrected chi connectivity index (χ1v) is 9.00. The maximum Gasteiger partial charge on any atom is 0.256 e. The summed E-state index contributed by atoms with van der Waals surface area (Å²) >= 11 is 0. The van der Waals surface area contributed by atoms with Gasteiger partial charge in [0.2, 0.25) is 5.91 Å². The number of carbonyl (C=O) groups excluding carboxylic acids is 2. The molecule has 6 nitrogen and oxygen atoms in total. The van der Waals surface area contributed by atoms with E-state index in [4.69, 9.17) is 4.84 Å². The first-order chi connectivity index (χ1) is 12.1. The van der Waals surface area contributed by atoms with Crippen LogP contribution >= 0.6 is 0 Å². The van der Waals surface area contributed by atoms with Gasteiger partial charge in [-0.15, -0.1) is 0 Å². The SMILES string of the molecule is CC(C)(C)C1=NOC[C@@H]1C(=O)N1C(=O)CC(C)(C)N1Cc1ccccc1. The number of hydrogen-bond donors (Lipinski definition) is 0. The molecule has 0 aromatic heterocycles. The Balaban J connectivity index is 1.90. The first kappa shape index (κ1) is 18.6. The molecule has 2 heterocycles. The first-order valence-electron chi connectivity index (χ1n) is 9.00. The Kier molecular flexibility index (Phi) is 4.65. The summed E-state index contributed by atoms with van der Waals surface area (Å²) in [6.45, 7) is 10.7. The number of rotatable bonds is 3. The van der Waals surface area contributed by atoms with Gasteiger partial charge in [-0.2, -0.15) is 0 Å². The molecule has 0 spiro atoms. The lowest BCUT2D eigenvalue weighted by Gasteiger charge is -2.36. The standard InChI is InChI=1S/C20H27N3O3/c1-19(2,3)17-15(13-26-21-17)18(25)23-16(24)11-20(4,5)22(23)12-14-9-7-6-8-10-14/h6-10,15H,11-13H2,1-5H3/t15-/m0/s1. The van der Waals surface area contributed by atoms with Crippen LogP contribution in [0.15, 0.2) is 35.5 Å². The van der Waals surface area contributed by atoms with Crippen molar-refractivity contribution in [3.8, 4) is 0 Å². The molecule has 0 N–H and O–H groups in total. The Hall–Kier alpha value is -2.21. The van der Waals surface area contributed by atoms with Gasteiger partial charge < -0.3 is 4.84 Å². The molecule has 1 aromatic carbocycles. The maximum absolute atomic E-state index is 13.3. The minimum atomic E-state index is -0.522. The van der Waals surface area contributed by atoms with Gasteiger partial charge in [0.15, 0.2) is 0 Å². The van der Waals surface area contributed by atoms with Gasteiger partial charge in [-0.1, -0.05) is 56.3 Å². The maximum atomic E-state index is 13.3. The quantitative estimate of drug-likeness (QED) is 0.780. The Morgan fingerprint density at radius 3 is 2.54 bits per heavy atom. The van der Waals surface area contributed by atoms with Gasteiger partial charge in [-0.3, -0.25) is 9.59 Å². The molecule has 3 rings (SSSR count). The van der Waals surface area contributed by atoms with Gasteiger partial charge in [0, 0.05) is 23.9 Å². The minimum Gasteiger partial charge on any atom is -0.395 e. The van der Waals surface area contributed by atoms with E-state index in [9.17, 15) is 9.59 Å². The summed E-state index contributed by atoms with van der Waals surface area (Å²) in [5.41, 5.74) is 1.03. The number of benzene rings is 1. The summed E-state index contributed by atoms with van der Waals surface area (Å²) in [6.07, 6.45) is 0.307. The highest BCUT2D eigenvalue weighted by atomic mass is 16.6. The van der Waals surface area contributed by atoms with Crippen molar-refractivity contribution in [2.45, 2.75) is 53.1 Å². The molecule has 1 fully saturated rings. The smallest absolute Gasteiger partial charge is 0.256 e. The fraction of sp³-hybridized carbons (Fsp3) is 0.550. The van der Waals surface area contributed by atoms with Crippen molar-refractivity contribution < 1.29 is 14.4 Å². The van der Waals surface area contributed by atoms with E-state index in [1.165, 1.54) is 5.01 Å². The molecule has 1 atom stereocenters. The van der Waals surface area contributed by atoms with Gasteiger partial charge in [0.1, 0.15) is 12.5 Å². The van der Waals surface area contributed by atoms with Gasteiger partial charge in [-0.25, -0.2) is 10.0 Å². The second-order valence-corrected chi connectivity index (χ2v) is 8.65. The van der Waals surface area contributed by atoms with Crippen LogP contribution in [0, 0.1) is 11.3 Å². The number of amides is 2. The molecule has 2 aliphatic heterocycles. The van der Waals surface area contributed by atoms with E-state index in [-0.39, 0.29) is 23.8 Å². The van der Waals surface area contributed by atoms with E-state index in [1.54, 1.807) is 0 Å². The number of nitrogens with zero attached hydrogens (tertiary/aromatic N) is 3. The Morgan fingerprint density at radius 1 is 1.27 bits per heavy atom. The van der Waals surface area contributed by atoms with Crippen LogP contribution in [0.25, 0.3) is 0 Å². The lowest BCUT2D eigenvalue weighted by Crippen LogP contribution is -2.53. The molecule has 1 saturated heterocycles. The van der Waals surface area contributed by atoms with Gasteiger partial charge >= 0.3 is 0 Å². The predicted octanol–water partition coefficient (Wildman–Crippen LogP) is 2.99. The summed E-state index contributed by atoms with van der Waals surface area (Å²) in [5.74, 6) is -0.940. The van der Waals surface area contributed by atoms with E-state index in [0.717, 1.165) is 5.56 Å². The van der Waals surface area contributed by atoms with Crippen molar-refractivity contribution >= 4 is 17.5 Å². The summed E-state index contributed by atoms with van der Waals surface area (Å²) in [6, 6.07) is 9.88. The molecule has 2 amide bonds. The van der Waals surface area contributed by atoms with Crippen LogP contribution in [0.5, 0.6) is 0 Å². The molecule has 0 unspecified atom stereocenters. The number of hydrogen-bond acceptors (Lipinski definition) is 5. The van der Waals surface area contributed by atoms with Crippen LogP contribution in [-0.2, 0) is 21.0 Å². The van der Waals surface area contributed by atoms with E-state index in [1.807, 2.05) is 70.0 Å². The van der Waals surface area contributed by atoms with E-state index < -0.39 is 11.5 Å². The molecule has 140 valence electrons. The van der Waals surface area contributed by atoms with Crippen molar-refractivity contribution in [2.75, 3.05) is 6.61 Å². The zero-order chi connectivity index (χ0) is 19.1. The van der Waals surface area contributed by atoms with Crippen LogP contribution in [0.3, 0.4) is 0 Å². The van der Waals surface area contributed by atoms with Crippen LogP contribution in [0.1, 0.15) is 46.6 Å². The third-order valence-electron chi connectivity index (χ3n) is 4.94. The summed E-state index contributed by atoms with van der Waals surface area (Å²) < 4.78 is 0. The lowest BCUT2D eigenvalue weighted by atomic mass is 9.82. The largest absolute Gasteiger partial charge is 0.395 e. The normalized spacial score (nSPS) is 23.1. The molecule has 0 bridgehead atoms. The topological polar surface area (TPSA) is 62.2 Å². The average Bonchev–Trinajstić information content (AvgIpc) is 3.11. The van der Waals surface area contributed by atoms with Gasteiger partial charge in [0.05, 0.1) is 5.71 Å². The molecule has 0 radical (unpaired) electrons. The highest BCUT2D eigenvalue weighted by Crippen LogP contribution is 2.35. The van der Waals surface area contributed by atoms with Crippen LogP contribution in [0.4, 0.5) is 0 Å². The average molecular weight is 357 g/mol. The van der Waals surface area contributed by atoms with E-state index in [0.29, 0.717) is 18.7 Å². The van der Waals surface area contributed by atoms with E-state index in [2.05, 4.69) is 5.16 Å². The fourth-order valence-electron chi connectivity index (χ4n) is 3.54. The number of imide groups is 1. The summed E-state index contributed by atoms with van der Waals surface area (Å²) in [7, 11) is 0. The Bertz CT molecular complexity index is 734. The Labute approximate surface area is 154 Å². The molecular weight excluding hydrogens is 330 g/mol. The number of carbonyl (C=O) groups is 2. The van der Waals surface area contributed by atoms with Gasteiger partial charge in [-0.05, 0) is 19.4 Å². The molecule has 2 aliphatic rings. The highest BCUT2D eigenvalue weighted by molar-refractivity contribution is 6.11. The second kappa shape index (κ2) is 6.50. The summed E-state index contributed by atoms with van der Waals surface area (Å²) in [4.78, 5) is 31.3. The molecule has 1 aromatic rings. The van der Waals surface area contributed by atoms with Crippen LogP contribution in [-0.4, -0.2) is 39.7 Å². The number of oxime groups is 1.